The Labute approximate surface area is 89.5 Å². The summed E-state index contributed by atoms with van der Waals surface area (Å²) >= 11 is 0. The second-order valence-corrected chi connectivity index (χ2v) is 3.59. The predicted molar refractivity (Wildman–Crippen MR) is 58.4 cm³/mol. The largest absolute Gasteiger partial charge is 0.467 e. The van der Waals surface area contributed by atoms with Gasteiger partial charge in [-0.15, -0.1) is 0 Å². The van der Waals surface area contributed by atoms with E-state index in [1.54, 1.807) is 7.11 Å². The van der Waals surface area contributed by atoms with E-state index in [-0.39, 0.29) is 0 Å². The Kier molecular flexibility index (Phi) is 3.01. The minimum absolute atomic E-state index is 0.448. The highest BCUT2D eigenvalue weighted by molar-refractivity contribution is 5.41. The molecule has 0 radical (unpaired) electrons. The van der Waals surface area contributed by atoms with Gasteiger partial charge in [0, 0.05) is 37.9 Å². The van der Waals surface area contributed by atoms with Crippen LogP contribution in [0.5, 0.6) is 6.01 Å². The van der Waals surface area contributed by atoms with Crippen molar-refractivity contribution in [3.05, 3.63) is 11.8 Å². The molecule has 0 unspecified atom stereocenters. The molecule has 0 spiro atoms. The van der Waals surface area contributed by atoms with Crippen LogP contribution in [0.4, 0.5) is 5.82 Å². The topological polar surface area (TPSA) is 50.3 Å². The van der Waals surface area contributed by atoms with E-state index in [0.29, 0.717) is 6.01 Å². The third-order valence-electron chi connectivity index (χ3n) is 2.44. The molecule has 1 saturated heterocycles. The Hall–Kier alpha value is -1.36. The maximum Gasteiger partial charge on any atom is 0.318 e. The fraction of sp³-hybridized carbons (Fsp3) is 0.600. The van der Waals surface area contributed by atoms with Crippen LogP contribution in [0.1, 0.15) is 5.69 Å². The van der Waals surface area contributed by atoms with Crippen molar-refractivity contribution in [1.82, 2.24) is 15.3 Å². The van der Waals surface area contributed by atoms with Crippen molar-refractivity contribution < 1.29 is 4.74 Å². The van der Waals surface area contributed by atoms with E-state index in [2.05, 4.69) is 20.2 Å². The normalized spacial score (nSPS) is 16.5. The molecule has 2 rings (SSSR count). The summed E-state index contributed by atoms with van der Waals surface area (Å²) in [7, 11) is 1.59. The maximum absolute atomic E-state index is 5.06. The predicted octanol–water partition coefficient (Wildman–Crippen LogP) is 0.203. The quantitative estimate of drug-likeness (QED) is 0.752. The van der Waals surface area contributed by atoms with Gasteiger partial charge in [-0.25, -0.2) is 4.98 Å². The van der Waals surface area contributed by atoms with Gasteiger partial charge in [-0.05, 0) is 6.92 Å². The highest BCUT2D eigenvalue weighted by atomic mass is 16.5. The van der Waals surface area contributed by atoms with Crippen LogP contribution in [0.15, 0.2) is 6.07 Å². The van der Waals surface area contributed by atoms with Crippen LogP contribution >= 0.6 is 0 Å². The Balaban J connectivity index is 2.22. The number of rotatable bonds is 2. The van der Waals surface area contributed by atoms with Crippen LogP contribution in [0, 0.1) is 6.92 Å². The summed E-state index contributed by atoms with van der Waals surface area (Å²) in [6.07, 6.45) is 0. The number of aromatic nitrogens is 2. The van der Waals surface area contributed by atoms with Crippen LogP contribution in [0.3, 0.4) is 0 Å². The molecule has 1 N–H and O–H groups in total. The van der Waals surface area contributed by atoms with Crippen LogP contribution in [-0.2, 0) is 0 Å². The van der Waals surface area contributed by atoms with Gasteiger partial charge < -0.3 is 15.0 Å². The third kappa shape index (κ3) is 2.36. The molecule has 0 aromatic carbocycles. The Morgan fingerprint density at radius 1 is 1.33 bits per heavy atom. The summed E-state index contributed by atoms with van der Waals surface area (Å²) in [4.78, 5) is 10.8. The van der Waals surface area contributed by atoms with Gasteiger partial charge in [0.1, 0.15) is 5.82 Å². The molecule has 0 bridgehead atoms. The molecule has 1 aliphatic rings. The molecule has 5 heteroatoms. The second-order valence-electron chi connectivity index (χ2n) is 3.59. The molecule has 82 valence electrons. The van der Waals surface area contributed by atoms with Crippen LogP contribution < -0.4 is 15.0 Å². The number of aryl methyl sites for hydroxylation is 1. The number of hydrogen-bond donors (Lipinski definition) is 1. The van der Waals surface area contributed by atoms with Crippen LogP contribution in [0.25, 0.3) is 0 Å². The summed E-state index contributed by atoms with van der Waals surface area (Å²) < 4.78 is 5.06. The first kappa shape index (κ1) is 10.2. The first-order chi connectivity index (χ1) is 7.29. The van der Waals surface area contributed by atoms with E-state index in [1.807, 2.05) is 13.0 Å². The van der Waals surface area contributed by atoms with E-state index >= 15 is 0 Å². The summed E-state index contributed by atoms with van der Waals surface area (Å²) in [5, 5.41) is 3.31. The van der Waals surface area contributed by atoms with E-state index in [0.717, 1.165) is 37.7 Å². The zero-order valence-corrected chi connectivity index (χ0v) is 9.16. The molecule has 1 aliphatic heterocycles. The van der Waals surface area contributed by atoms with Crippen molar-refractivity contribution in [2.45, 2.75) is 6.92 Å². The van der Waals surface area contributed by atoms with Gasteiger partial charge in [0.05, 0.1) is 7.11 Å². The summed E-state index contributed by atoms with van der Waals surface area (Å²) in [5.41, 5.74) is 0.940. The lowest BCUT2D eigenvalue weighted by atomic mass is 10.3. The van der Waals surface area contributed by atoms with Crippen molar-refractivity contribution in [3.8, 4) is 6.01 Å². The van der Waals surface area contributed by atoms with Gasteiger partial charge >= 0.3 is 6.01 Å². The van der Waals surface area contributed by atoms with Gasteiger partial charge in [0.15, 0.2) is 0 Å². The number of anilines is 1. The minimum Gasteiger partial charge on any atom is -0.467 e. The van der Waals surface area contributed by atoms with Crippen LogP contribution in [0.2, 0.25) is 0 Å². The minimum atomic E-state index is 0.448. The fourth-order valence-corrected chi connectivity index (χ4v) is 1.67. The van der Waals surface area contributed by atoms with Gasteiger partial charge in [0.2, 0.25) is 0 Å². The molecule has 2 heterocycles. The number of hydrogen-bond acceptors (Lipinski definition) is 5. The molecule has 5 nitrogen and oxygen atoms in total. The van der Waals surface area contributed by atoms with E-state index in [1.165, 1.54) is 0 Å². The molecule has 15 heavy (non-hydrogen) atoms. The van der Waals surface area contributed by atoms with Crippen molar-refractivity contribution in [2.75, 3.05) is 38.2 Å². The highest BCUT2D eigenvalue weighted by Gasteiger charge is 2.13. The number of nitrogens with zero attached hydrogens (tertiary/aromatic N) is 3. The molecular formula is C10H16N4O. The van der Waals surface area contributed by atoms with Crippen molar-refractivity contribution in [3.63, 3.8) is 0 Å². The number of methoxy groups -OCH3 is 1. The van der Waals surface area contributed by atoms with Crippen molar-refractivity contribution in [2.24, 2.45) is 0 Å². The maximum atomic E-state index is 5.06. The lowest BCUT2D eigenvalue weighted by molar-refractivity contribution is 0.378. The van der Waals surface area contributed by atoms with E-state index in [4.69, 9.17) is 4.74 Å². The summed E-state index contributed by atoms with van der Waals surface area (Å²) in [5.74, 6) is 0.959. The van der Waals surface area contributed by atoms with Crippen molar-refractivity contribution >= 4 is 5.82 Å². The van der Waals surface area contributed by atoms with Gasteiger partial charge in [-0.2, -0.15) is 4.98 Å². The van der Waals surface area contributed by atoms with Crippen molar-refractivity contribution in [1.29, 1.82) is 0 Å². The molecule has 1 fully saturated rings. The fourth-order valence-electron chi connectivity index (χ4n) is 1.67. The van der Waals surface area contributed by atoms with Gasteiger partial charge in [-0.1, -0.05) is 0 Å². The molecular weight excluding hydrogens is 192 g/mol. The number of ether oxygens (including phenoxy) is 1. The van der Waals surface area contributed by atoms with Gasteiger partial charge in [-0.3, -0.25) is 0 Å². The smallest absolute Gasteiger partial charge is 0.318 e. The highest BCUT2D eigenvalue weighted by Crippen LogP contribution is 2.15. The Morgan fingerprint density at radius 3 is 2.73 bits per heavy atom. The average Bonchev–Trinajstić information content (AvgIpc) is 2.29. The van der Waals surface area contributed by atoms with Crippen LogP contribution in [-0.4, -0.2) is 43.3 Å². The molecule has 1 aromatic heterocycles. The number of piperazine rings is 1. The molecule has 0 amide bonds. The zero-order valence-electron chi connectivity index (χ0n) is 9.16. The first-order valence-corrected chi connectivity index (χ1v) is 5.15. The summed E-state index contributed by atoms with van der Waals surface area (Å²) in [6, 6.07) is 2.44. The SMILES string of the molecule is COc1nc(C)cc(N2CCNCC2)n1. The third-order valence-corrected chi connectivity index (χ3v) is 2.44. The first-order valence-electron chi connectivity index (χ1n) is 5.15. The lowest BCUT2D eigenvalue weighted by Crippen LogP contribution is -2.43. The van der Waals surface area contributed by atoms with Gasteiger partial charge in [0.25, 0.3) is 0 Å². The molecule has 0 aliphatic carbocycles. The molecule has 1 aromatic rings. The van der Waals surface area contributed by atoms with E-state index < -0.39 is 0 Å². The second kappa shape index (κ2) is 4.44. The monoisotopic (exact) mass is 208 g/mol. The van der Waals surface area contributed by atoms with E-state index in [9.17, 15) is 0 Å². The average molecular weight is 208 g/mol. The molecule has 0 saturated carbocycles. The molecule has 0 atom stereocenters. The Bertz CT molecular complexity index is 336. The standard InChI is InChI=1S/C10H16N4O/c1-8-7-9(13-10(12-8)15-2)14-5-3-11-4-6-14/h7,11H,3-6H2,1-2H3. The Morgan fingerprint density at radius 2 is 2.07 bits per heavy atom. The zero-order chi connectivity index (χ0) is 10.7. The number of nitrogens with one attached hydrogen (secondary N) is 1. The summed E-state index contributed by atoms with van der Waals surface area (Å²) in [6.45, 7) is 5.94. The lowest BCUT2D eigenvalue weighted by Gasteiger charge is -2.28.